The summed E-state index contributed by atoms with van der Waals surface area (Å²) in [6.45, 7) is 20.3. The molecular formula is C61H56Br2Cl2F4N12Pt2. The van der Waals surface area contributed by atoms with Crippen LogP contribution in [0.25, 0.3) is 34.2 Å². The van der Waals surface area contributed by atoms with E-state index in [9.17, 15) is 17.6 Å². The summed E-state index contributed by atoms with van der Waals surface area (Å²) in [6, 6.07) is 41.9. The molecule has 436 valence electrons. The van der Waals surface area contributed by atoms with Crippen LogP contribution in [-0.4, -0.2) is 59.4 Å². The number of rotatable bonds is 10. The van der Waals surface area contributed by atoms with E-state index in [4.69, 9.17) is 28.8 Å². The molecule has 0 aliphatic heterocycles. The van der Waals surface area contributed by atoms with Gasteiger partial charge in [0.15, 0.2) is 11.6 Å². The fourth-order valence-corrected chi connectivity index (χ4v) is 8.66. The summed E-state index contributed by atoms with van der Waals surface area (Å²) in [5, 5.41) is 9.09. The monoisotopic (exact) mass is 1650 g/mol. The van der Waals surface area contributed by atoms with Gasteiger partial charge in [-0.05, 0) is 143 Å². The third kappa shape index (κ3) is 17.7. The van der Waals surface area contributed by atoms with Gasteiger partial charge in [-0.1, -0.05) is 102 Å². The number of halogens is 8. The van der Waals surface area contributed by atoms with Crippen molar-refractivity contribution >= 4 is 50.7 Å². The smallest absolute Gasteiger partial charge is 2.00 e. The number of benzene rings is 2. The molecule has 0 N–H and O–H groups in total. The van der Waals surface area contributed by atoms with Crippen LogP contribution in [0.3, 0.4) is 0 Å². The zero-order valence-electron chi connectivity index (χ0n) is 46.6. The van der Waals surface area contributed by atoms with Crippen molar-refractivity contribution in [3.8, 4) is 34.2 Å². The van der Waals surface area contributed by atoms with Crippen molar-refractivity contribution < 1.29 is 55.1 Å². The van der Waals surface area contributed by atoms with Crippen LogP contribution in [0.2, 0.25) is 0 Å². The zero-order chi connectivity index (χ0) is 59.6. The molecule has 0 radical (unpaired) electrons. The fourth-order valence-electron chi connectivity index (χ4n) is 7.90. The van der Waals surface area contributed by atoms with Crippen molar-refractivity contribution in [3.63, 3.8) is 0 Å². The first kappa shape index (κ1) is 66.4. The van der Waals surface area contributed by atoms with E-state index in [2.05, 4.69) is 105 Å². The van der Waals surface area contributed by atoms with Crippen LogP contribution in [0.15, 0.2) is 155 Å². The molecule has 22 heteroatoms. The minimum Gasteiger partial charge on any atom is 2.00 e. The van der Waals surface area contributed by atoms with Gasteiger partial charge in [0.2, 0.25) is 0 Å². The first-order chi connectivity index (χ1) is 38.8. The Bertz CT molecular complexity index is 3560. The number of hydrogen-bond donors (Lipinski definition) is 0. The summed E-state index contributed by atoms with van der Waals surface area (Å²) in [5.41, 5.74) is 4.62. The zero-order valence-corrected chi connectivity index (χ0v) is 55.8. The van der Waals surface area contributed by atoms with Gasteiger partial charge in [-0.25, -0.2) is 38.5 Å². The Morgan fingerprint density at radius 2 is 1.01 bits per heavy atom. The average molecular weight is 1650 g/mol. The topological polar surface area (TPSA) is 139 Å². The summed E-state index contributed by atoms with van der Waals surface area (Å²) in [7, 11) is 9.75. The van der Waals surface area contributed by atoms with Gasteiger partial charge in [0, 0.05) is 75.0 Å². The molecule has 2 aromatic carbocycles. The fraction of sp³-hybridized carbons (Fsp3) is 0.246. The normalized spacial score (nSPS) is 11.5. The average Bonchev–Trinajstić information content (AvgIpc) is 4.18. The third-order valence-electron chi connectivity index (χ3n) is 12.5. The van der Waals surface area contributed by atoms with E-state index >= 15 is 0 Å². The van der Waals surface area contributed by atoms with E-state index in [0.29, 0.717) is 34.5 Å². The molecule has 8 aromatic heterocycles. The number of aromatic nitrogens is 12. The van der Waals surface area contributed by atoms with Crippen molar-refractivity contribution in [2.75, 3.05) is 0 Å². The molecule has 0 bridgehead atoms. The molecule has 0 amide bonds. The van der Waals surface area contributed by atoms with Crippen LogP contribution in [0.5, 0.6) is 0 Å². The van der Waals surface area contributed by atoms with E-state index in [0.717, 1.165) is 68.1 Å². The molecule has 83 heavy (non-hydrogen) atoms. The maximum Gasteiger partial charge on any atom is 2.00 e. The first-order valence-electron chi connectivity index (χ1n) is 25.3. The van der Waals surface area contributed by atoms with Gasteiger partial charge >= 0.3 is 56.4 Å². The Morgan fingerprint density at radius 3 is 1.52 bits per heavy atom. The summed E-state index contributed by atoms with van der Waals surface area (Å²) < 4.78 is 60.1. The molecule has 10 rings (SSSR count). The van der Waals surface area contributed by atoms with Gasteiger partial charge in [0.1, 0.15) is 27.2 Å². The van der Waals surface area contributed by atoms with Crippen LogP contribution in [0.1, 0.15) is 115 Å². The quantitative estimate of drug-likeness (QED) is 0.0739. The minimum absolute atomic E-state index is 0. The van der Waals surface area contributed by atoms with Crippen LogP contribution < -0.4 is 0 Å². The van der Waals surface area contributed by atoms with Gasteiger partial charge in [-0.3, -0.25) is 18.7 Å². The van der Waals surface area contributed by atoms with Crippen LogP contribution in [0.4, 0.5) is 17.6 Å². The first-order valence-corrected chi connectivity index (χ1v) is 32.5. The Labute approximate surface area is 528 Å². The SMILES string of the molecule is Brc1cccc(Cc2cccc(Br)n2)n1.CC(C)(C)c1n[c-]n(-c2cccc(C(C)(C)c3cccc(-c4[c-]cc(F)cc4F)n3)n2)n1.CC(C)(C)c1ncn(-c2cccc(C(C)(C)c3cccc(-c4ccc(F)cc4F)n3)n2)n1.[Cl][Pt][Cl].[Pt+2]. The molecule has 0 aliphatic carbocycles. The second-order valence-corrected chi connectivity index (χ2v) is 26.5. The molecular weight excluding hydrogens is 1600 g/mol. The van der Waals surface area contributed by atoms with Crippen molar-refractivity contribution in [2.45, 2.75) is 97.3 Å². The van der Waals surface area contributed by atoms with Crippen molar-refractivity contribution in [3.05, 3.63) is 237 Å². The Morgan fingerprint density at radius 1 is 0.530 bits per heavy atom. The van der Waals surface area contributed by atoms with Gasteiger partial charge in [-0.2, -0.15) is 0 Å². The predicted molar refractivity (Wildman–Crippen MR) is 315 cm³/mol. The number of pyridine rings is 6. The predicted octanol–water partition coefficient (Wildman–Crippen LogP) is 15.8. The summed E-state index contributed by atoms with van der Waals surface area (Å²) in [6.07, 6.45) is 5.30. The van der Waals surface area contributed by atoms with Crippen LogP contribution >= 0.6 is 50.7 Å². The third-order valence-corrected chi connectivity index (χ3v) is 13.4. The molecule has 12 nitrogen and oxygen atoms in total. The maximum absolute atomic E-state index is 14.3. The van der Waals surface area contributed by atoms with Crippen LogP contribution in [-0.2, 0) is 65.6 Å². The molecule has 0 unspecified atom stereocenters. The van der Waals surface area contributed by atoms with Gasteiger partial charge in [0.05, 0.1) is 28.7 Å². The van der Waals surface area contributed by atoms with E-state index in [1.165, 1.54) is 16.8 Å². The van der Waals surface area contributed by atoms with Crippen LogP contribution in [0, 0.1) is 35.7 Å². The molecule has 0 saturated heterocycles. The van der Waals surface area contributed by atoms with Gasteiger partial charge in [0.25, 0.3) is 0 Å². The Hall–Kier alpha value is -5.74. The van der Waals surface area contributed by atoms with E-state index < -0.39 is 50.6 Å². The molecule has 10 aromatic rings. The van der Waals surface area contributed by atoms with E-state index in [1.54, 1.807) is 29.2 Å². The summed E-state index contributed by atoms with van der Waals surface area (Å²) in [4.78, 5) is 36.3. The van der Waals surface area contributed by atoms with Gasteiger partial charge in [-0.15, -0.1) is 17.2 Å². The second kappa shape index (κ2) is 28.9. The Balaban J connectivity index is 0.000000205. The van der Waals surface area contributed by atoms with Gasteiger partial charge < -0.3 is 14.6 Å². The van der Waals surface area contributed by atoms with Crippen molar-refractivity contribution in [1.29, 1.82) is 0 Å². The Kier molecular flexibility index (Phi) is 23.1. The van der Waals surface area contributed by atoms with Crippen molar-refractivity contribution in [1.82, 2.24) is 59.4 Å². The molecule has 0 fully saturated rings. The molecule has 8 heterocycles. The molecule has 0 saturated carbocycles. The minimum atomic E-state index is -0.705. The van der Waals surface area contributed by atoms with E-state index in [1.807, 2.05) is 139 Å². The van der Waals surface area contributed by atoms with Crippen molar-refractivity contribution in [2.24, 2.45) is 0 Å². The largest absolute Gasteiger partial charge is 2.00 e. The second-order valence-electron chi connectivity index (χ2n) is 21.6. The summed E-state index contributed by atoms with van der Waals surface area (Å²) in [5.74, 6) is 0.00892. The number of hydrogen-bond acceptors (Lipinski definition) is 10. The summed E-state index contributed by atoms with van der Waals surface area (Å²) >= 11 is 6.23. The maximum atomic E-state index is 14.3. The van der Waals surface area contributed by atoms with E-state index in [-0.39, 0.29) is 43.0 Å². The number of nitrogens with zero attached hydrogens (tertiary/aromatic N) is 12. The standard InChI is InChI=1S/C25H25F2N5.C25H23F2N5.C11H8Br2N2.2ClH.2Pt/c2*1-24(2,3)23-28-15-32(31-23)22-11-7-10-21(30-22)25(4,5)20-9-6-8-19(29-20)17-13-12-16(26)14-18(17)27;12-10-5-1-3-8(14-10)7-9-4-2-6-11(13)15-9;;;;/h6-15H,1-5H3;6-12,14H,1-5H3;1-6H,7H2;2*1H;;/q;-2;;;;2*+2/p-2. The molecule has 0 aliphatic rings. The molecule has 0 atom stereocenters. The molecule has 0 spiro atoms.